The Balaban J connectivity index is 2.54. The highest BCUT2D eigenvalue weighted by atomic mass is 17.2. The summed E-state index contributed by atoms with van der Waals surface area (Å²) in [5.74, 6) is -0.522. The molecule has 0 unspecified atom stereocenters. The Morgan fingerprint density at radius 3 is 2.62 bits per heavy atom. The Bertz CT molecular complexity index is 290. The zero-order valence-electron chi connectivity index (χ0n) is 7.27. The van der Waals surface area contributed by atoms with Crippen molar-refractivity contribution in [3.05, 3.63) is 42.0 Å². The van der Waals surface area contributed by atoms with Crippen LogP contribution in [-0.2, 0) is 14.6 Å². The Morgan fingerprint density at radius 2 is 2.00 bits per heavy atom. The van der Waals surface area contributed by atoms with E-state index in [0.717, 1.165) is 5.56 Å². The maximum Gasteiger partial charge on any atom is 0.365 e. The van der Waals surface area contributed by atoms with Crippen molar-refractivity contribution in [1.29, 1.82) is 0 Å². The van der Waals surface area contributed by atoms with E-state index < -0.39 is 5.97 Å². The topological polar surface area (TPSA) is 35.5 Å². The van der Waals surface area contributed by atoms with Gasteiger partial charge >= 0.3 is 5.97 Å². The molecule has 68 valence electrons. The molecule has 0 aromatic heterocycles. The van der Waals surface area contributed by atoms with E-state index in [-0.39, 0.29) is 0 Å². The smallest absolute Gasteiger partial charge is 0.294 e. The van der Waals surface area contributed by atoms with Gasteiger partial charge in [-0.25, -0.2) is 4.79 Å². The summed E-state index contributed by atoms with van der Waals surface area (Å²) in [6.07, 6.45) is 2.96. The lowest BCUT2D eigenvalue weighted by Gasteiger charge is -1.93. The zero-order chi connectivity index (χ0) is 9.52. The molecule has 1 aromatic rings. The fourth-order valence-corrected chi connectivity index (χ4v) is 0.838. The van der Waals surface area contributed by atoms with Crippen LogP contribution < -0.4 is 0 Å². The van der Waals surface area contributed by atoms with Crippen LogP contribution >= 0.6 is 0 Å². The number of hydrogen-bond donors (Lipinski definition) is 0. The van der Waals surface area contributed by atoms with E-state index in [1.807, 2.05) is 30.3 Å². The highest BCUT2D eigenvalue weighted by Crippen LogP contribution is 2.00. The third-order valence-electron chi connectivity index (χ3n) is 1.38. The van der Waals surface area contributed by atoms with Crippen molar-refractivity contribution in [2.24, 2.45) is 0 Å². The largest absolute Gasteiger partial charge is 0.365 e. The van der Waals surface area contributed by atoms with Crippen molar-refractivity contribution in [3.63, 3.8) is 0 Å². The van der Waals surface area contributed by atoms with Crippen LogP contribution in [0.4, 0.5) is 0 Å². The highest BCUT2D eigenvalue weighted by molar-refractivity contribution is 5.86. The first-order chi connectivity index (χ1) is 6.33. The third-order valence-corrected chi connectivity index (χ3v) is 1.38. The highest BCUT2D eigenvalue weighted by Gasteiger charge is 1.94. The van der Waals surface area contributed by atoms with E-state index in [9.17, 15) is 4.79 Å². The van der Waals surface area contributed by atoms with Gasteiger partial charge in [-0.05, 0) is 11.6 Å². The Kier molecular flexibility index (Phi) is 3.73. The number of benzene rings is 1. The van der Waals surface area contributed by atoms with E-state index in [1.165, 1.54) is 13.2 Å². The molecule has 0 bridgehead atoms. The third kappa shape index (κ3) is 3.53. The minimum absolute atomic E-state index is 0.522. The molecule has 0 amide bonds. The monoisotopic (exact) mass is 178 g/mol. The van der Waals surface area contributed by atoms with E-state index in [2.05, 4.69) is 9.78 Å². The zero-order valence-corrected chi connectivity index (χ0v) is 7.27. The predicted molar refractivity (Wildman–Crippen MR) is 48.6 cm³/mol. The molecule has 0 heterocycles. The van der Waals surface area contributed by atoms with Gasteiger partial charge in [0, 0.05) is 6.08 Å². The van der Waals surface area contributed by atoms with Gasteiger partial charge in [0.1, 0.15) is 0 Å². The van der Waals surface area contributed by atoms with Crippen molar-refractivity contribution in [2.75, 3.05) is 7.11 Å². The molecule has 0 aliphatic rings. The van der Waals surface area contributed by atoms with Gasteiger partial charge in [0.2, 0.25) is 0 Å². The summed E-state index contributed by atoms with van der Waals surface area (Å²) in [5, 5.41) is 0. The Morgan fingerprint density at radius 1 is 1.31 bits per heavy atom. The molecule has 0 radical (unpaired) electrons. The molecule has 0 N–H and O–H groups in total. The second-order valence-corrected chi connectivity index (χ2v) is 2.31. The fraction of sp³-hybridized carbons (Fsp3) is 0.100. The fourth-order valence-electron chi connectivity index (χ4n) is 0.838. The molecule has 13 heavy (non-hydrogen) atoms. The Hall–Kier alpha value is -1.61. The van der Waals surface area contributed by atoms with E-state index in [4.69, 9.17) is 0 Å². The lowest BCUT2D eigenvalue weighted by atomic mass is 10.2. The Labute approximate surface area is 76.5 Å². The molecule has 0 atom stereocenters. The lowest BCUT2D eigenvalue weighted by Crippen LogP contribution is -1.97. The van der Waals surface area contributed by atoms with Gasteiger partial charge in [-0.1, -0.05) is 30.3 Å². The second kappa shape index (κ2) is 5.11. The van der Waals surface area contributed by atoms with Crippen LogP contribution in [0.5, 0.6) is 0 Å². The summed E-state index contributed by atoms with van der Waals surface area (Å²) in [6, 6.07) is 9.46. The summed E-state index contributed by atoms with van der Waals surface area (Å²) < 4.78 is 0. The molecule has 0 saturated heterocycles. The van der Waals surface area contributed by atoms with Gasteiger partial charge in [0.05, 0.1) is 7.11 Å². The second-order valence-electron chi connectivity index (χ2n) is 2.31. The van der Waals surface area contributed by atoms with Crippen molar-refractivity contribution in [3.8, 4) is 0 Å². The normalized spacial score (nSPS) is 10.2. The van der Waals surface area contributed by atoms with Crippen LogP contribution in [0, 0.1) is 0 Å². The number of rotatable bonds is 3. The molecular formula is C10H10O3. The average molecular weight is 178 g/mol. The number of carbonyl (C=O) groups is 1. The first kappa shape index (κ1) is 9.48. The molecule has 1 aromatic carbocycles. The number of hydrogen-bond acceptors (Lipinski definition) is 3. The summed E-state index contributed by atoms with van der Waals surface area (Å²) in [5.41, 5.74) is 0.940. The van der Waals surface area contributed by atoms with Gasteiger partial charge in [-0.15, -0.1) is 0 Å². The van der Waals surface area contributed by atoms with Crippen LogP contribution in [-0.4, -0.2) is 13.1 Å². The minimum Gasteiger partial charge on any atom is -0.294 e. The summed E-state index contributed by atoms with van der Waals surface area (Å²) in [4.78, 5) is 19.2. The molecule has 3 nitrogen and oxygen atoms in total. The van der Waals surface area contributed by atoms with Crippen LogP contribution in [0.15, 0.2) is 36.4 Å². The quantitative estimate of drug-likeness (QED) is 0.402. The molecule has 0 saturated carbocycles. The minimum atomic E-state index is -0.522. The molecule has 0 aliphatic carbocycles. The van der Waals surface area contributed by atoms with Crippen molar-refractivity contribution in [1.82, 2.24) is 0 Å². The van der Waals surface area contributed by atoms with E-state index >= 15 is 0 Å². The molecule has 0 aliphatic heterocycles. The maximum absolute atomic E-state index is 10.8. The molecular weight excluding hydrogens is 168 g/mol. The first-order valence-corrected chi connectivity index (χ1v) is 3.80. The van der Waals surface area contributed by atoms with Gasteiger partial charge in [0.25, 0.3) is 0 Å². The van der Waals surface area contributed by atoms with Crippen molar-refractivity contribution < 1.29 is 14.6 Å². The maximum atomic E-state index is 10.8. The van der Waals surface area contributed by atoms with Crippen LogP contribution in [0.25, 0.3) is 6.08 Å². The number of carbonyl (C=O) groups excluding carboxylic acids is 1. The van der Waals surface area contributed by atoms with E-state index in [0.29, 0.717) is 0 Å². The summed E-state index contributed by atoms with van der Waals surface area (Å²) >= 11 is 0. The first-order valence-electron chi connectivity index (χ1n) is 3.80. The van der Waals surface area contributed by atoms with Crippen LogP contribution in [0.1, 0.15) is 5.56 Å². The van der Waals surface area contributed by atoms with Gasteiger partial charge in [0.15, 0.2) is 0 Å². The lowest BCUT2D eigenvalue weighted by molar-refractivity contribution is -0.249. The predicted octanol–water partition coefficient (Wildman–Crippen LogP) is 1.80. The standard InChI is InChI=1S/C10H10O3/c1-12-13-10(11)8-7-9-5-3-2-4-6-9/h2-8H,1H3/b8-7+. The molecule has 3 heteroatoms. The van der Waals surface area contributed by atoms with Crippen molar-refractivity contribution in [2.45, 2.75) is 0 Å². The van der Waals surface area contributed by atoms with Gasteiger partial charge < -0.3 is 0 Å². The SMILES string of the molecule is COOC(=O)/C=C/c1ccccc1. The van der Waals surface area contributed by atoms with Gasteiger partial charge in [-0.2, -0.15) is 4.89 Å². The average Bonchev–Trinajstić information content (AvgIpc) is 2.17. The van der Waals surface area contributed by atoms with Crippen LogP contribution in [0.2, 0.25) is 0 Å². The summed E-state index contributed by atoms with van der Waals surface area (Å²) in [6.45, 7) is 0. The van der Waals surface area contributed by atoms with E-state index in [1.54, 1.807) is 6.08 Å². The molecule has 1 rings (SSSR count). The van der Waals surface area contributed by atoms with Crippen molar-refractivity contribution >= 4 is 12.0 Å². The summed E-state index contributed by atoms with van der Waals surface area (Å²) in [7, 11) is 1.29. The van der Waals surface area contributed by atoms with Gasteiger partial charge in [-0.3, -0.25) is 4.89 Å². The van der Waals surface area contributed by atoms with Crippen LogP contribution in [0.3, 0.4) is 0 Å². The molecule has 0 fully saturated rings. The molecule has 0 spiro atoms.